The fourth-order valence-electron chi connectivity index (χ4n) is 5.59. The fourth-order valence-corrected chi connectivity index (χ4v) is 5.84. The SMILES string of the molecule is C=C1N=C(N2CCC3(CC2)OC(=O)c2ccccc23)OC1(Cc1ccc(Cl)cc1)Cc1ccc(Cl)cc1. The van der Waals surface area contributed by atoms with Gasteiger partial charge in [0.15, 0.2) is 5.60 Å². The highest BCUT2D eigenvalue weighted by Crippen LogP contribution is 2.45. The van der Waals surface area contributed by atoms with Crippen molar-refractivity contribution in [3.63, 3.8) is 0 Å². The Labute approximate surface area is 226 Å². The van der Waals surface area contributed by atoms with Gasteiger partial charge in [-0.3, -0.25) is 0 Å². The second-order valence-electron chi connectivity index (χ2n) is 9.96. The number of carbonyl (C=O) groups excluding carboxylic acids is 1. The Hall–Kier alpha value is -3.28. The van der Waals surface area contributed by atoms with E-state index >= 15 is 0 Å². The van der Waals surface area contributed by atoms with Gasteiger partial charge in [-0.15, -0.1) is 0 Å². The van der Waals surface area contributed by atoms with Gasteiger partial charge < -0.3 is 14.4 Å². The third-order valence-electron chi connectivity index (χ3n) is 7.62. The van der Waals surface area contributed by atoms with E-state index < -0.39 is 11.2 Å². The van der Waals surface area contributed by atoms with E-state index in [4.69, 9.17) is 37.7 Å². The topological polar surface area (TPSA) is 51.1 Å². The number of nitrogens with zero attached hydrogens (tertiary/aromatic N) is 2. The highest BCUT2D eigenvalue weighted by Gasteiger charge is 2.49. The van der Waals surface area contributed by atoms with E-state index in [0.29, 0.717) is 66.1 Å². The maximum Gasteiger partial charge on any atom is 0.339 e. The Morgan fingerprint density at radius 2 is 1.41 bits per heavy atom. The number of hydrogen-bond donors (Lipinski definition) is 0. The number of hydrogen-bond acceptors (Lipinski definition) is 5. The Balaban J connectivity index is 1.23. The van der Waals surface area contributed by atoms with Gasteiger partial charge in [-0.2, -0.15) is 4.99 Å². The number of halogens is 2. The number of carbonyl (C=O) groups is 1. The predicted molar refractivity (Wildman–Crippen MR) is 145 cm³/mol. The zero-order valence-corrected chi connectivity index (χ0v) is 21.8. The van der Waals surface area contributed by atoms with Gasteiger partial charge in [0.1, 0.15) is 5.60 Å². The zero-order chi connectivity index (χ0) is 25.6. The summed E-state index contributed by atoms with van der Waals surface area (Å²) in [6.07, 6.45) is 2.54. The van der Waals surface area contributed by atoms with E-state index in [2.05, 4.69) is 11.5 Å². The van der Waals surface area contributed by atoms with Crippen LogP contribution in [-0.4, -0.2) is 35.6 Å². The summed E-state index contributed by atoms with van der Waals surface area (Å²) < 4.78 is 12.6. The van der Waals surface area contributed by atoms with Crippen molar-refractivity contribution < 1.29 is 14.3 Å². The first-order valence-electron chi connectivity index (χ1n) is 12.4. The minimum Gasteiger partial charge on any atom is -0.451 e. The molecule has 0 atom stereocenters. The molecule has 3 aliphatic heterocycles. The molecular formula is C30H26Cl2N2O3. The first kappa shape index (κ1) is 24.1. The Kier molecular flexibility index (Phi) is 6.01. The van der Waals surface area contributed by atoms with Crippen molar-refractivity contribution in [2.24, 2.45) is 4.99 Å². The molecule has 0 saturated carbocycles. The largest absolute Gasteiger partial charge is 0.451 e. The molecule has 3 aliphatic rings. The molecule has 1 fully saturated rings. The Morgan fingerprint density at radius 3 is 2.00 bits per heavy atom. The highest BCUT2D eigenvalue weighted by atomic mass is 35.5. The molecule has 3 aromatic rings. The first-order chi connectivity index (χ1) is 17.9. The van der Waals surface area contributed by atoms with Crippen molar-refractivity contribution in [3.8, 4) is 0 Å². The number of piperidine rings is 1. The molecule has 3 aromatic carbocycles. The van der Waals surface area contributed by atoms with Crippen LogP contribution in [0.15, 0.2) is 90.1 Å². The van der Waals surface area contributed by atoms with Crippen LogP contribution in [0.2, 0.25) is 10.0 Å². The molecule has 0 N–H and O–H groups in total. The summed E-state index contributed by atoms with van der Waals surface area (Å²) in [5.41, 5.74) is 3.20. The second kappa shape index (κ2) is 9.23. The van der Waals surface area contributed by atoms with Crippen molar-refractivity contribution in [3.05, 3.63) is 117 Å². The van der Waals surface area contributed by atoms with E-state index in [1.54, 1.807) is 0 Å². The third kappa shape index (κ3) is 4.41. The lowest BCUT2D eigenvalue weighted by Gasteiger charge is -2.39. The first-order valence-corrected chi connectivity index (χ1v) is 13.2. The van der Waals surface area contributed by atoms with E-state index in [-0.39, 0.29) is 5.97 Å². The molecule has 7 heteroatoms. The van der Waals surface area contributed by atoms with E-state index in [1.165, 1.54) is 0 Å². The third-order valence-corrected chi connectivity index (χ3v) is 8.12. The number of aliphatic imine (C=N–C) groups is 1. The van der Waals surface area contributed by atoms with Gasteiger partial charge in [-0.1, -0.05) is 72.2 Å². The van der Waals surface area contributed by atoms with Gasteiger partial charge in [0.05, 0.1) is 11.3 Å². The molecule has 5 nitrogen and oxygen atoms in total. The molecule has 3 heterocycles. The molecule has 0 unspecified atom stereocenters. The van der Waals surface area contributed by atoms with Crippen LogP contribution in [0.25, 0.3) is 0 Å². The highest BCUT2D eigenvalue weighted by molar-refractivity contribution is 6.30. The second-order valence-corrected chi connectivity index (χ2v) is 10.8. The van der Waals surface area contributed by atoms with Crippen LogP contribution < -0.4 is 0 Å². The number of rotatable bonds is 4. The summed E-state index contributed by atoms with van der Waals surface area (Å²) in [7, 11) is 0. The van der Waals surface area contributed by atoms with Gasteiger partial charge in [-0.25, -0.2) is 4.79 Å². The van der Waals surface area contributed by atoms with Gasteiger partial charge in [0.2, 0.25) is 0 Å². The summed E-state index contributed by atoms with van der Waals surface area (Å²) in [4.78, 5) is 19.5. The number of ether oxygens (including phenoxy) is 2. The minimum absolute atomic E-state index is 0.239. The number of benzene rings is 3. The Morgan fingerprint density at radius 1 is 0.838 bits per heavy atom. The van der Waals surface area contributed by atoms with Crippen LogP contribution in [0, 0.1) is 0 Å². The van der Waals surface area contributed by atoms with Gasteiger partial charge in [-0.05, 0) is 41.5 Å². The van der Waals surface area contributed by atoms with Crippen molar-refractivity contribution >= 4 is 35.2 Å². The lowest BCUT2D eigenvalue weighted by Crippen LogP contribution is -2.47. The summed E-state index contributed by atoms with van der Waals surface area (Å²) >= 11 is 12.3. The Bertz CT molecular complexity index is 1340. The minimum atomic E-state index is -0.738. The molecule has 37 heavy (non-hydrogen) atoms. The molecule has 0 bridgehead atoms. The predicted octanol–water partition coefficient (Wildman–Crippen LogP) is 6.58. The van der Waals surface area contributed by atoms with E-state index in [0.717, 1.165) is 16.7 Å². The van der Waals surface area contributed by atoms with Gasteiger partial charge in [0.25, 0.3) is 6.02 Å². The molecule has 1 spiro atoms. The molecule has 0 aliphatic carbocycles. The van der Waals surface area contributed by atoms with Gasteiger partial charge in [0, 0.05) is 54.4 Å². The van der Waals surface area contributed by atoms with Crippen LogP contribution in [0.3, 0.4) is 0 Å². The average Bonchev–Trinajstić information content (AvgIpc) is 3.36. The number of amidine groups is 1. The van der Waals surface area contributed by atoms with Crippen LogP contribution in [0.4, 0.5) is 0 Å². The summed E-state index contributed by atoms with van der Waals surface area (Å²) in [6, 6.07) is 23.8. The average molecular weight is 533 g/mol. The van der Waals surface area contributed by atoms with Crippen LogP contribution in [-0.2, 0) is 27.9 Å². The lowest BCUT2D eigenvalue weighted by atomic mass is 9.84. The maximum absolute atomic E-state index is 12.5. The number of esters is 1. The standard InChI is InChI=1S/C30H26Cl2N2O3/c1-20-30(18-21-6-10-23(31)11-7-21,19-22-8-12-24(32)13-9-22)37-28(33-20)34-16-14-29(15-17-34)26-5-3-2-4-25(26)27(35)36-29/h2-13H,1,14-19H2. The zero-order valence-electron chi connectivity index (χ0n) is 20.3. The normalized spacial score (nSPS) is 19.4. The fraction of sp³-hybridized carbons (Fsp3) is 0.267. The smallest absolute Gasteiger partial charge is 0.339 e. The quantitative estimate of drug-likeness (QED) is 0.356. The molecule has 188 valence electrons. The molecule has 0 aromatic heterocycles. The number of likely N-dealkylation sites (tertiary alicyclic amines) is 1. The molecule has 0 radical (unpaired) electrons. The number of fused-ring (bicyclic) bond motifs is 2. The van der Waals surface area contributed by atoms with Crippen molar-refractivity contribution in [2.45, 2.75) is 36.9 Å². The van der Waals surface area contributed by atoms with Crippen LogP contribution in [0.5, 0.6) is 0 Å². The van der Waals surface area contributed by atoms with Crippen molar-refractivity contribution in [1.29, 1.82) is 0 Å². The molecule has 0 amide bonds. The monoisotopic (exact) mass is 532 g/mol. The molecular weight excluding hydrogens is 507 g/mol. The summed E-state index contributed by atoms with van der Waals surface area (Å²) in [5.74, 6) is -0.239. The van der Waals surface area contributed by atoms with Crippen molar-refractivity contribution in [2.75, 3.05) is 13.1 Å². The van der Waals surface area contributed by atoms with Crippen LogP contribution in [0.1, 0.15) is 39.9 Å². The maximum atomic E-state index is 12.5. The summed E-state index contributed by atoms with van der Waals surface area (Å²) in [5, 5.41) is 1.38. The summed E-state index contributed by atoms with van der Waals surface area (Å²) in [6.45, 7) is 5.65. The van der Waals surface area contributed by atoms with E-state index in [1.807, 2.05) is 72.8 Å². The van der Waals surface area contributed by atoms with E-state index in [9.17, 15) is 4.79 Å². The molecule has 6 rings (SSSR count). The van der Waals surface area contributed by atoms with Crippen LogP contribution >= 0.6 is 23.2 Å². The lowest BCUT2D eigenvalue weighted by molar-refractivity contribution is -0.0383. The molecule has 1 saturated heterocycles. The van der Waals surface area contributed by atoms with Crippen molar-refractivity contribution in [1.82, 2.24) is 4.90 Å². The van der Waals surface area contributed by atoms with Gasteiger partial charge >= 0.3 is 5.97 Å².